The minimum Gasteiger partial charge on any atom is -0.459 e. The van der Waals surface area contributed by atoms with E-state index in [9.17, 15) is 0 Å². The number of likely N-dealkylation sites (N-methyl/N-ethyl adjacent to an activating group) is 1. The summed E-state index contributed by atoms with van der Waals surface area (Å²) < 4.78 is 7.77. The minimum absolute atomic E-state index is 0.228. The van der Waals surface area contributed by atoms with Crippen LogP contribution in [-0.4, -0.2) is 19.0 Å². The van der Waals surface area contributed by atoms with Crippen LogP contribution in [0.5, 0.6) is 5.75 Å². The Morgan fingerprint density at radius 2 is 1.81 bits per heavy atom. The molecule has 3 aromatic rings. The number of alkyl halides is 1. The van der Waals surface area contributed by atoms with Crippen molar-refractivity contribution in [3.63, 3.8) is 0 Å². The van der Waals surface area contributed by atoms with Gasteiger partial charge in [-0.05, 0) is 36.9 Å². The molecule has 136 valence electrons. The predicted molar refractivity (Wildman–Crippen MR) is 121 cm³/mol. The summed E-state index contributed by atoms with van der Waals surface area (Å²) >= 11 is 2.41. The van der Waals surface area contributed by atoms with Gasteiger partial charge in [-0.1, -0.05) is 65.1 Å². The molecule has 2 heterocycles. The van der Waals surface area contributed by atoms with Gasteiger partial charge in [0.15, 0.2) is 5.75 Å². The van der Waals surface area contributed by atoms with Gasteiger partial charge in [-0.3, -0.25) is 4.99 Å². The molecule has 0 amide bonds. The quantitative estimate of drug-likeness (QED) is 0.324. The van der Waals surface area contributed by atoms with Crippen LogP contribution in [0.1, 0.15) is 25.0 Å². The lowest BCUT2D eigenvalue weighted by atomic mass is 9.77. The highest BCUT2D eigenvalue weighted by molar-refractivity contribution is 14.1. The van der Waals surface area contributed by atoms with Crippen LogP contribution < -0.4 is 9.64 Å². The van der Waals surface area contributed by atoms with Gasteiger partial charge in [0.2, 0.25) is 5.72 Å². The molecule has 4 heteroatoms. The summed E-state index contributed by atoms with van der Waals surface area (Å²) in [5, 5.41) is 2.35. The topological polar surface area (TPSA) is 24.8 Å². The summed E-state index contributed by atoms with van der Waals surface area (Å²) in [7, 11) is 2.11. The predicted octanol–water partition coefficient (Wildman–Crippen LogP) is 5.99. The highest BCUT2D eigenvalue weighted by Gasteiger charge is 2.58. The van der Waals surface area contributed by atoms with Crippen LogP contribution >= 0.6 is 22.6 Å². The molecule has 0 aromatic heterocycles. The Morgan fingerprint density at radius 3 is 2.59 bits per heavy atom. The lowest BCUT2D eigenvalue weighted by Gasteiger charge is -2.45. The first-order chi connectivity index (χ1) is 13.0. The fraction of sp³-hybridized carbons (Fsp3) is 0.261. The largest absolute Gasteiger partial charge is 0.459 e. The first-order valence-corrected chi connectivity index (χ1v) is 10.7. The number of hydrogen-bond acceptors (Lipinski definition) is 3. The summed E-state index contributed by atoms with van der Waals surface area (Å²) in [5.74, 6) is 0.915. The van der Waals surface area contributed by atoms with Gasteiger partial charge in [0.05, 0.1) is 11.6 Å². The first kappa shape index (κ1) is 17.0. The number of benzene rings is 3. The Labute approximate surface area is 173 Å². The van der Waals surface area contributed by atoms with Crippen LogP contribution in [0.3, 0.4) is 0 Å². The van der Waals surface area contributed by atoms with Crippen LogP contribution in [-0.2, 0) is 9.84 Å². The van der Waals surface area contributed by atoms with Gasteiger partial charge >= 0.3 is 0 Å². The number of nitrogens with zero attached hydrogens (tertiary/aromatic N) is 2. The second kappa shape index (κ2) is 5.71. The molecule has 5 rings (SSSR count). The molecule has 2 aliphatic heterocycles. The van der Waals surface area contributed by atoms with Crippen molar-refractivity contribution in [1.82, 2.24) is 0 Å². The van der Waals surface area contributed by atoms with E-state index in [1.165, 1.54) is 22.2 Å². The van der Waals surface area contributed by atoms with Gasteiger partial charge in [-0.15, -0.1) is 0 Å². The second-order valence-electron chi connectivity index (χ2n) is 7.83. The van der Waals surface area contributed by atoms with Crippen molar-refractivity contribution in [2.24, 2.45) is 4.99 Å². The van der Waals surface area contributed by atoms with Gasteiger partial charge in [0.1, 0.15) is 5.69 Å². The summed E-state index contributed by atoms with van der Waals surface area (Å²) in [5.41, 5.74) is 3.78. The molecule has 27 heavy (non-hydrogen) atoms. The van der Waals surface area contributed by atoms with E-state index in [0.717, 1.165) is 21.3 Å². The molecule has 2 aliphatic rings. The standard InChI is InChI=1S/C23H21IN2O/c1-22(2)18-10-6-7-11-19(18)26(3)23(22)14-25-20-17-9-5-4-8-15(17)12-16(13-24)21(20)27-23/h4-12,14H,13H2,1-3H3. The Morgan fingerprint density at radius 1 is 1.07 bits per heavy atom. The van der Waals surface area contributed by atoms with E-state index in [1.54, 1.807) is 0 Å². The number of rotatable bonds is 1. The van der Waals surface area contributed by atoms with Gasteiger partial charge in [0.25, 0.3) is 0 Å². The third kappa shape index (κ3) is 2.10. The SMILES string of the molecule is CN1c2ccccc2C(C)(C)C12C=Nc1c(c(CI)cc3ccccc13)O2. The van der Waals surface area contributed by atoms with Crippen molar-refractivity contribution in [2.75, 3.05) is 11.9 Å². The average molecular weight is 468 g/mol. The smallest absolute Gasteiger partial charge is 0.228 e. The van der Waals surface area contributed by atoms with Crippen molar-refractivity contribution < 1.29 is 4.74 Å². The molecular formula is C23H21IN2O. The van der Waals surface area contributed by atoms with Crippen molar-refractivity contribution in [3.05, 3.63) is 65.7 Å². The molecule has 0 fully saturated rings. The lowest BCUT2D eigenvalue weighted by molar-refractivity contribution is 0.0818. The Balaban J connectivity index is 1.76. The highest BCUT2D eigenvalue weighted by Crippen LogP contribution is 2.55. The van der Waals surface area contributed by atoms with Crippen LogP contribution in [0.2, 0.25) is 0 Å². The van der Waals surface area contributed by atoms with Crippen molar-refractivity contribution in [3.8, 4) is 5.75 Å². The van der Waals surface area contributed by atoms with Crippen molar-refractivity contribution in [1.29, 1.82) is 0 Å². The maximum absolute atomic E-state index is 6.89. The fourth-order valence-corrected chi connectivity index (χ4v) is 5.14. The number of anilines is 1. The normalized spacial score (nSPS) is 22.0. The van der Waals surface area contributed by atoms with E-state index in [-0.39, 0.29) is 5.41 Å². The summed E-state index contributed by atoms with van der Waals surface area (Å²) in [6.07, 6.45) is 2.01. The minimum atomic E-state index is -0.632. The third-order valence-electron chi connectivity index (χ3n) is 6.16. The fourth-order valence-electron chi connectivity index (χ4n) is 4.57. The van der Waals surface area contributed by atoms with Crippen LogP contribution in [0, 0.1) is 0 Å². The van der Waals surface area contributed by atoms with E-state index in [1.807, 2.05) is 6.21 Å². The number of halogens is 1. The zero-order chi connectivity index (χ0) is 18.8. The van der Waals surface area contributed by atoms with Crippen molar-refractivity contribution in [2.45, 2.75) is 29.4 Å². The molecule has 0 N–H and O–H groups in total. The summed E-state index contributed by atoms with van der Waals surface area (Å²) in [4.78, 5) is 7.24. The van der Waals surface area contributed by atoms with E-state index >= 15 is 0 Å². The van der Waals surface area contributed by atoms with E-state index in [0.29, 0.717) is 0 Å². The van der Waals surface area contributed by atoms with Gasteiger partial charge < -0.3 is 9.64 Å². The number of ether oxygens (including phenoxy) is 1. The maximum Gasteiger partial charge on any atom is 0.228 e. The van der Waals surface area contributed by atoms with Crippen LogP contribution in [0.15, 0.2) is 59.6 Å². The Bertz CT molecular complexity index is 1100. The van der Waals surface area contributed by atoms with Gasteiger partial charge in [-0.2, -0.15) is 0 Å². The molecule has 0 saturated carbocycles. The number of fused-ring (bicyclic) bond motifs is 4. The zero-order valence-corrected chi connectivity index (χ0v) is 17.8. The van der Waals surface area contributed by atoms with Crippen LogP contribution in [0.25, 0.3) is 10.8 Å². The van der Waals surface area contributed by atoms with Gasteiger partial charge in [-0.25, -0.2) is 0 Å². The average Bonchev–Trinajstić information content (AvgIpc) is 2.86. The lowest BCUT2D eigenvalue weighted by Crippen LogP contribution is -2.61. The number of aliphatic imine (C=N–C) groups is 1. The Hall–Kier alpha value is -2.08. The third-order valence-corrected chi connectivity index (χ3v) is 6.98. The summed E-state index contributed by atoms with van der Waals surface area (Å²) in [6.45, 7) is 4.49. The molecule has 0 bridgehead atoms. The molecule has 0 saturated heterocycles. The molecule has 3 aromatic carbocycles. The van der Waals surface area contributed by atoms with Gasteiger partial charge in [0, 0.05) is 28.1 Å². The van der Waals surface area contributed by atoms with E-state index in [4.69, 9.17) is 9.73 Å². The zero-order valence-electron chi connectivity index (χ0n) is 15.7. The number of para-hydroxylation sites is 1. The molecule has 3 nitrogen and oxygen atoms in total. The molecule has 1 unspecified atom stereocenters. The highest BCUT2D eigenvalue weighted by atomic mass is 127. The van der Waals surface area contributed by atoms with Crippen molar-refractivity contribution >= 4 is 51.0 Å². The second-order valence-corrected chi connectivity index (χ2v) is 8.59. The number of hydrogen-bond donors (Lipinski definition) is 0. The van der Waals surface area contributed by atoms with E-state index < -0.39 is 5.72 Å². The first-order valence-electron chi connectivity index (χ1n) is 9.18. The molecule has 1 spiro atoms. The molecule has 1 atom stereocenters. The molecule has 0 aliphatic carbocycles. The Kier molecular flexibility index (Phi) is 3.60. The maximum atomic E-state index is 6.89. The summed E-state index contributed by atoms with van der Waals surface area (Å²) in [6, 6.07) is 19.2. The van der Waals surface area contributed by atoms with E-state index in [2.05, 4.69) is 103 Å². The van der Waals surface area contributed by atoms with Crippen LogP contribution in [0.4, 0.5) is 11.4 Å². The monoisotopic (exact) mass is 468 g/mol. The molecule has 0 radical (unpaired) electrons. The molecular weight excluding hydrogens is 447 g/mol.